The van der Waals surface area contributed by atoms with Crippen LogP contribution < -0.4 is 0 Å². The molecule has 8 heavy (non-hydrogen) atoms. The molecule has 0 fully saturated rings. The standard InChI is InChI=1S/C4H6N2.Al.ClH.3H/c1-6-3-2-5-4-6;;;;;/h2-4H,1H3;;1H;;;. The minimum atomic E-state index is 0. The maximum absolute atomic E-state index is 3.78. The van der Waals surface area contributed by atoms with Crippen molar-refractivity contribution < 1.29 is 0 Å². The molecule has 0 aliphatic heterocycles. The van der Waals surface area contributed by atoms with Gasteiger partial charge in [-0.2, -0.15) is 0 Å². The van der Waals surface area contributed by atoms with Gasteiger partial charge in [-0.05, 0) is 0 Å². The molecule has 0 saturated heterocycles. The molecule has 1 rings (SSSR count). The average molecular weight is 149 g/mol. The molecule has 0 unspecified atom stereocenters. The minimum absolute atomic E-state index is 0. The van der Waals surface area contributed by atoms with E-state index in [2.05, 4.69) is 4.98 Å². The van der Waals surface area contributed by atoms with Crippen molar-refractivity contribution in [1.29, 1.82) is 0 Å². The highest BCUT2D eigenvalue weighted by Gasteiger charge is 1.69. The summed E-state index contributed by atoms with van der Waals surface area (Å²) in [6.45, 7) is 0. The van der Waals surface area contributed by atoms with Gasteiger partial charge in [0.25, 0.3) is 0 Å². The van der Waals surface area contributed by atoms with E-state index in [-0.39, 0.29) is 29.8 Å². The first-order valence-electron chi connectivity index (χ1n) is 1.81. The van der Waals surface area contributed by atoms with Crippen molar-refractivity contribution in [2.75, 3.05) is 0 Å². The van der Waals surface area contributed by atoms with Crippen molar-refractivity contribution in [2.24, 2.45) is 7.05 Å². The van der Waals surface area contributed by atoms with E-state index in [9.17, 15) is 0 Å². The number of aryl methyl sites for hydroxylation is 1. The van der Waals surface area contributed by atoms with Crippen molar-refractivity contribution in [3.05, 3.63) is 18.7 Å². The van der Waals surface area contributed by atoms with E-state index in [1.54, 1.807) is 12.5 Å². The van der Waals surface area contributed by atoms with Crippen LogP contribution in [0, 0.1) is 0 Å². The SMILES string of the molecule is Cl.Cn1ccnc1.[AlH3]. The first kappa shape index (κ1) is 10.9. The van der Waals surface area contributed by atoms with E-state index >= 15 is 0 Å². The smallest absolute Gasteiger partial charge is 0.187 e. The van der Waals surface area contributed by atoms with Crippen LogP contribution in [0.15, 0.2) is 18.7 Å². The Bertz CT molecular complexity index is 118. The molecule has 2 nitrogen and oxygen atoms in total. The molecule has 46 valence electrons. The number of aromatic nitrogens is 2. The van der Waals surface area contributed by atoms with Gasteiger partial charge in [-0.25, -0.2) is 4.98 Å². The van der Waals surface area contributed by atoms with Gasteiger partial charge in [0.2, 0.25) is 0 Å². The van der Waals surface area contributed by atoms with Crippen LogP contribution in [0.3, 0.4) is 0 Å². The zero-order valence-corrected chi connectivity index (χ0v) is 4.85. The second-order valence-corrected chi connectivity index (χ2v) is 1.23. The quantitative estimate of drug-likeness (QED) is 0.461. The lowest BCUT2D eigenvalue weighted by Gasteiger charge is -1.76. The fourth-order valence-electron chi connectivity index (χ4n) is 0.326. The lowest BCUT2D eigenvalue weighted by Crippen LogP contribution is -1.76. The molecule has 0 atom stereocenters. The largest absolute Gasteiger partial charge is 0.341 e. The number of nitrogens with zero attached hydrogens (tertiary/aromatic N) is 2. The third-order valence-corrected chi connectivity index (χ3v) is 0.637. The molecule has 0 aliphatic carbocycles. The summed E-state index contributed by atoms with van der Waals surface area (Å²) >= 11 is 0. The van der Waals surface area contributed by atoms with Crippen LogP contribution in [-0.2, 0) is 7.05 Å². The number of hydrogen-bond donors (Lipinski definition) is 0. The van der Waals surface area contributed by atoms with Crippen LogP contribution in [0.4, 0.5) is 0 Å². The van der Waals surface area contributed by atoms with Gasteiger partial charge in [-0.1, -0.05) is 0 Å². The first-order chi connectivity index (χ1) is 2.89. The van der Waals surface area contributed by atoms with Gasteiger partial charge >= 0.3 is 0 Å². The lowest BCUT2D eigenvalue weighted by atomic mass is 10.9. The monoisotopic (exact) mass is 148 g/mol. The van der Waals surface area contributed by atoms with E-state index in [4.69, 9.17) is 0 Å². The van der Waals surface area contributed by atoms with Crippen molar-refractivity contribution in [1.82, 2.24) is 9.55 Å². The highest BCUT2D eigenvalue weighted by Crippen LogP contribution is 1.73. The summed E-state index contributed by atoms with van der Waals surface area (Å²) in [4.78, 5) is 3.78. The topological polar surface area (TPSA) is 17.8 Å². The molecule has 0 amide bonds. The molecular formula is C4H10AlClN2. The zero-order chi connectivity index (χ0) is 4.41. The predicted octanol–water partition coefficient (Wildman–Crippen LogP) is -0.342. The molecule has 4 heteroatoms. The summed E-state index contributed by atoms with van der Waals surface area (Å²) in [6, 6.07) is 0. The molecule has 0 aromatic carbocycles. The molecule has 0 aliphatic rings. The summed E-state index contributed by atoms with van der Waals surface area (Å²) in [7, 11) is 1.94. The molecule has 0 bridgehead atoms. The summed E-state index contributed by atoms with van der Waals surface area (Å²) in [5.74, 6) is 0. The molecule has 0 radical (unpaired) electrons. The van der Waals surface area contributed by atoms with Gasteiger partial charge in [-0.3, -0.25) is 0 Å². The van der Waals surface area contributed by atoms with Crippen LogP contribution >= 0.6 is 12.4 Å². The van der Waals surface area contributed by atoms with Gasteiger partial charge < -0.3 is 4.57 Å². The molecule has 1 aromatic rings. The number of rotatable bonds is 0. The third kappa shape index (κ3) is 3.09. The molecule has 0 N–H and O–H groups in total. The van der Waals surface area contributed by atoms with E-state index in [0.717, 1.165) is 0 Å². The Morgan fingerprint density at radius 2 is 2.12 bits per heavy atom. The normalized spacial score (nSPS) is 6.62. The first-order valence-corrected chi connectivity index (χ1v) is 1.81. The van der Waals surface area contributed by atoms with Gasteiger partial charge in [-0.15, -0.1) is 12.4 Å². The number of halogens is 1. The zero-order valence-electron chi connectivity index (χ0n) is 4.03. The average Bonchev–Trinajstić information content (AvgIpc) is 1.86. The van der Waals surface area contributed by atoms with E-state index < -0.39 is 0 Å². The summed E-state index contributed by atoms with van der Waals surface area (Å²) in [6.07, 6.45) is 5.39. The number of imidazole rings is 1. The highest BCUT2D eigenvalue weighted by atomic mass is 35.5. The van der Waals surface area contributed by atoms with Crippen LogP contribution in [0.25, 0.3) is 0 Å². The lowest BCUT2D eigenvalue weighted by molar-refractivity contribution is 0.913. The fraction of sp³-hybridized carbons (Fsp3) is 0.250. The maximum Gasteiger partial charge on any atom is 0.187 e. The Balaban J connectivity index is 0. The van der Waals surface area contributed by atoms with Crippen LogP contribution in [0.2, 0.25) is 0 Å². The van der Waals surface area contributed by atoms with Crippen LogP contribution in [-0.4, -0.2) is 26.9 Å². The second kappa shape index (κ2) is 5.17. The van der Waals surface area contributed by atoms with Crippen molar-refractivity contribution in [2.45, 2.75) is 0 Å². The van der Waals surface area contributed by atoms with Crippen molar-refractivity contribution in [3.63, 3.8) is 0 Å². The van der Waals surface area contributed by atoms with E-state index in [0.29, 0.717) is 0 Å². The molecule has 0 saturated carbocycles. The van der Waals surface area contributed by atoms with Crippen LogP contribution in [0.5, 0.6) is 0 Å². The minimum Gasteiger partial charge on any atom is -0.341 e. The fourth-order valence-corrected chi connectivity index (χ4v) is 0.326. The second-order valence-electron chi connectivity index (χ2n) is 1.23. The Kier molecular flexibility index (Phi) is 7.06. The maximum atomic E-state index is 3.78. The Morgan fingerprint density at radius 1 is 1.50 bits per heavy atom. The van der Waals surface area contributed by atoms with Gasteiger partial charge in [0, 0.05) is 19.4 Å². The molecular weight excluding hydrogens is 138 g/mol. The Hall–Kier alpha value is 0.0325. The van der Waals surface area contributed by atoms with Crippen LogP contribution in [0.1, 0.15) is 0 Å². The number of hydrogen-bond acceptors (Lipinski definition) is 1. The molecule has 0 spiro atoms. The van der Waals surface area contributed by atoms with E-state index in [1.165, 1.54) is 0 Å². The van der Waals surface area contributed by atoms with Gasteiger partial charge in [0.1, 0.15) is 0 Å². The van der Waals surface area contributed by atoms with E-state index in [1.807, 2.05) is 17.8 Å². The molecule has 1 aromatic heterocycles. The molecule has 1 heterocycles. The van der Waals surface area contributed by atoms with Gasteiger partial charge in [0.05, 0.1) is 6.33 Å². The summed E-state index contributed by atoms with van der Waals surface area (Å²) in [5, 5.41) is 0. The van der Waals surface area contributed by atoms with Crippen molar-refractivity contribution >= 4 is 29.8 Å². The predicted molar refractivity (Wildman–Crippen MR) is 40.4 cm³/mol. The van der Waals surface area contributed by atoms with Crippen molar-refractivity contribution in [3.8, 4) is 0 Å². The Labute approximate surface area is 65.5 Å². The van der Waals surface area contributed by atoms with Gasteiger partial charge in [0.15, 0.2) is 17.4 Å². The summed E-state index contributed by atoms with van der Waals surface area (Å²) < 4.78 is 1.89. The Morgan fingerprint density at radius 3 is 2.25 bits per heavy atom. The third-order valence-electron chi connectivity index (χ3n) is 0.637. The summed E-state index contributed by atoms with van der Waals surface area (Å²) in [5.41, 5.74) is 0. The highest BCUT2D eigenvalue weighted by molar-refractivity contribution is 5.85.